The minimum absolute atomic E-state index is 0.0260. The molecule has 0 spiro atoms. The van der Waals surface area contributed by atoms with E-state index in [1.165, 1.54) is 11.1 Å². The lowest BCUT2D eigenvalue weighted by atomic mass is 10.1. The summed E-state index contributed by atoms with van der Waals surface area (Å²) >= 11 is 0. The molecule has 0 unspecified atom stereocenters. The minimum Gasteiger partial charge on any atom is -0.348 e. The van der Waals surface area contributed by atoms with Gasteiger partial charge in [0.2, 0.25) is 0 Å². The molecule has 0 aliphatic heterocycles. The third-order valence-corrected chi connectivity index (χ3v) is 3.04. The Morgan fingerprint density at radius 2 is 1.89 bits per heavy atom. The number of allylic oxidation sites excluding steroid dienone is 2. The van der Waals surface area contributed by atoms with Crippen LogP contribution in [0.3, 0.4) is 0 Å². The lowest BCUT2D eigenvalue weighted by molar-refractivity contribution is -0.117. The summed E-state index contributed by atoms with van der Waals surface area (Å²) in [4.78, 5) is 12.0. The van der Waals surface area contributed by atoms with Gasteiger partial charge in [-0.15, -0.1) is 0 Å². The quantitative estimate of drug-likeness (QED) is 0.644. The highest BCUT2D eigenvalue weighted by Gasteiger charge is 2.05. The summed E-state index contributed by atoms with van der Waals surface area (Å²) in [5.41, 5.74) is 5.48. The van der Waals surface area contributed by atoms with Crippen molar-refractivity contribution in [3.8, 4) is 0 Å². The van der Waals surface area contributed by atoms with Gasteiger partial charge in [0, 0.05) is 12.1 Å². The van der Waals surface area contributed by atoms with Crippen LogP contribution in [0.25, 0.3) is 0 Å². The average Bonchev–Trinajstić information content (AvgIpc) is 2.36. The van der Waals surface area contributed by atoms with Crippen LogP contribution in [-0.4, -0.2) is 5.91 Å². The van der Waals surface area contributed by atoms with Crippen LogP contribution in [0, 0.1) is 13.8 Å². The Hall–Kier alpha value is -1.83. The van der Waals surface area contributed by atoms with Gasteiger partial charge in [0.1, 0.15) is 0 Å². The number of nitrogens with one attached hydrogen (secondary N) is 1. The predicted octanol–water partition coefficient (Wildman–Crippen LogP) is 3.83. The number of hydrogen-bond acceptors (Lipinski definition) is 1. The second-order valence-corrected chi connectivity index (χ2v) is 5.07. The molecule has 1 aromatic carbocycles. The number of carbonyl (C=O) groups is 1. The fraction of sp³-hybridized carbons (Fsp3) is 0.353. The Kier molecular flexibility index (Phi) is 5.56. The van der Waals surface area contributed by atoms with E-state index < -0.39 is 0 Å². The molecule has 1 rings (SSSR count). The van der Waals surface area contributed by atoms with Gasteiger partial charge in [-0.2, -0.15) is 0 Å². The molecule has 0 atom stereocenters. The van der Waals surface area contributed by atoms with Crippen LogP contribution in [-0.2, 0) is 11.3 Å². The summed E-state index contributed by atoms with van der Waals surface area (Å²) in [6.45, 7) is 10.6. The molecule has 2 nitrogen and oxygen atoms in total. The zero-order valence-corrected chi connectivity index (χ0v) is 12.5. The summed E-state index contributed by atoms with van der Waals surface area (Å²) in [6.07, 6.45) is 3.73. The first kappa shape index (κ1) is 15.2. The van der Waals surface area contributed by atoms with Crippen molar-refractivity contribution < 1.29 is 4.79 Å². The first-order valence-corrected chi connectivity index (χ1v) is 6.59. The van der Waals surface area contributed by atoms with Crippen LogP contribution < -0.4 is 5.32 Å². The van der Waals surface area contributed by atoms with Crippen LogP contribution in [0.5, 0.6) is 0 Å². The summed E-state index contributed by atoms with van der Waals surface area (Å²) in [5, 5.41) is 2.95. The first-order valence-electron chi connectivity index (χ1n) is 6.59. The molecule has 0 heterocycles. The van der Waals surface area contributed by atoms with Gasteiger partial charge in [-0.05, 0) is 51.3 Å². The smallest absolute Gasteiger partial charge is 0.251 e. The van der Waals surface area contributed by atoms with Crippen molar-refractivity contribution >= 4 is 5.91 Å². The largest absolute Gasteiger partial charge is 0.348 e. The van der Waals surface area contributed by atoms with Crippen molar-refractivity contribution in [3.63, 3.8) is 0 Å². The van der Waals surface area contributed by atoms with E-state index in [1.807, 2.05) is 32.9 Å². The molecule has 2 heteroatoms. The summed E-state index contributed by atoms with van der Waals surface area (Å²) in [5.74, 6) is -0.0260. The number of amides is 1. The zero-order chi connectivity index (χ0) is 14.4. The lowest BCUT2D eigenvalue weighted by Gasteiger charge is -2.08. The molecule has 0 aromatic heterocycles. The van der Waals surface area contributed by atoms with Crippen molar-refractivity contribution in [1.82, 2.24) is 5.32 Å². The third kappa shape index (κ3) is 4.74. The maximum Gasteiger partial charge on any atom is 0.251 e. The number of aryl methyl sites for hydroxylation is 2. The second kappa shape index (κ2) is 6.93. The molecule has 0 fully saturated rings. The SMILES string of the molecule is C/C=C(/C=C(C)C)C(=O)NCc1ccc(C)c(C)c1. The Bertz CT molecular complexity index is 520. The zero-order valence-electron chi connectivity index (χ0n) is 12.5. The Labute approximate surface area is 116 Å². The van der Waals surface area contributed by atoms with E-state index in [2.05, 4.69) is 37.4 Å². The van der Waals surface area contributed by atoms with E-state index in [9.17, 15) is 4.79 Å². The van der Waals surface area contributed by atoms with E-state index in [-0.39, 0.29) is 5.91 Å². The molecule has 0 aliphatic carbocycles. The van der Waals surface area contributed by atoms with Gasteiger partial charge < -0.3 is 5.32 Å². The monoisotopic (exact) mass is 257 g/mol. The van der Waals surface area contributed by atoms with E-state index >= 15 is 0 Å². The standard InChI is InChI=1S/C17H23NO/c1-6-16(9-12(2)3)17(19)18-11-15-8-7-13(4)14(5)10-15/h6-10H,11H2,1-5H3,(H,18,19)/b16-6-. The maximum absolute atomic E-state index is 12.0. The minimum atomic E-state index is -0.0260. The van der Waals surface area contributed by atoms with Crippen molar-refractivity contribution in [2.75, 3.05) is 0 Å². The fourth-order valence-corrected chi connectivity index (χ4v) is 1.79. The van der Waals surface area contributed by atoms with E-state index in [1.54, 1.807) is 0 Å². The Morgan fingerprint density at radius 3 is 2.42 bits per heavy atom. The topological polar surface area (TPSA) is 29.1 Å². The molecule has 102 valence electrons. The molecule has 0 saturated heterocycles. The van der Waals surface area contributed by atoms with Gasteiger partial charge in [0.25, 0.3) is 5.91 Å². The lowest BCUT2D eigenvalue weighted by Crippen LogP contribution is -2.24. The molecule has 1 N–H and O–H groups in total. The molecular formula is C17H23NO. The average molecular weight is 257 g/mol. The molecule has 0 bridgehead atoms. The number of carbonyl (C=O) groups excluding carboxylic acids is 1. The van der Waals surface area contributed by atoms with Crippen molar-refractivity contribution in [1.29, 1.82) is 0 Å². The first-order chi connectivity index (χ1) is 8.93. The third-order valence-electron chi connectivity index (χ3n) is 3.04. The summed E-state index contributed by atoms with van der Waals surface area (Å²) < 4.78 is 0. The molecule has 19 heavy (non-hydrogen) atoms. The van der Waals surface area contributed by atoms with Gasteiger partial charge in [0.15, 0.2) is 0 Å². The van der Waals surface area contributed by atoms with Crippen LogP contribution in [0.2, 0.25) is 0 Å². The predicted molar refractivity (Wildman–Crippen MR) is 81.0 cm³/mol. The summed E-state index contributed by atoms with van der Waals surface area (Å²) in [7, 11) is 0. The van der Waals surface area contributed by atoms with Crippen LogP contribution in [0.15, 0.2) is 41.5 Å². The van der Waals surface area contributed by atoms with Crippen molar-refractivity contribution in [2.24, 2.45) is 0 Å². The number of hydrogen-bond donors (Lipinski definition) is 1. The van der Waals surface area contributed by atoms with Gasteiger partial charge >= 0.3 is 0 Å². The number of rotatable bonds is 4. The van der Waals surface area contributed by atoms with Crippen molar-refractivity contribution in [2.45, 2.75) is 41.2 Å². The second-order valence-electron chi connectivity index (χ2n) is 5.07. The van der Waals surface area contributed by atoms with Gasteiger partial charge in [0.05, 0.1) is 0 Å². The highest BCUT2D eigenvalue weighted by molar-refractivity contribution is 5.96. The highest BCUT2D eigenvalue weighted by Crippen LogP contribution is 2.10. The van der Waals surface area contributed by atoms with E-state index in [4.69, 9.17) is 0 Å². The van der Waals surface area contributed by atoms with E-state index in [0.29, 0.717) is 12.1 Å². The number of benzene rings is 1. The molecular weight excluding hydrogens is 234 g/mol. The van der Waals surface area contributed by atoms with Gasteiger partial charge in [-0.25, -0.2) is 0 Å². The molecule has 1 amide bonds. The maximum atomic E-state index is 12.0. The van der Waals surface area contributed by atoms with Gasteiger partial charge in [-0.3, -0.25) is 4.79 Å². The van der Waals surface area contributed by atoms with Crippen LogP contribution in [0.1, 0.15) is 37.5 Å². The molecule has 1 aromatic rings. The van der Waals surface area contributed by atoms with E-state index in [0.717, 1.165) is 11.1 Å². The van der Waals surface area contributed by atoms with Crippen molar-refractivity contribution in [3.05, 3.63) is 58.2 Å². The molecule has 0 radical (unpaired) electrons. The summed E-state index contributed by atoms with van der Waals surface area (Å²) in [6, 6.07) is 6.26. The molecule has 0 saturated carbocycles. The fourth-order valence-electron chi connectivity index (χ4n) is 1.79. The normalized spacial score (nSPS) is 11.1. The van der Waals surface area contributed by atoms with Crippen LogP contribution in [0.4, 0.5) is 0 Å². The Morgan fingerprint density at radius 1 is 1.21 bits per heavy atom. The Balaban J connectivity index is 2.68. The van der Waals surface area contributed by atoms with Crippen LogP contribution >= 0.6 is 0 Å². The van der Waals surface area contributed by atoms with Gasteiger partial charge in [-0.1, -0.05) is 35.9 Å². The molecule has 0 aliphatic rings. The highest BCUT2D eigenvalue weighted by atomic mass is 16.1.